The fraction of sp³-hybridized carbons (Fsp3) is 0.464. The Morgan fingerprint density at radius 1 is 0.946 bits per heavy atom. The van der Waals surface area contributed by atoms with Crippen LogP contribution in [0.15, 0.2) is 42.5 Å². The van der Waals surface area contributed by atoms with E-state index in [-0.39, 0.29) is 29.8 Å². The molecule has 200 valence electrons. The van der Waals surface area contributed by atoms with Gasteiger partial charge in [0.25, 0.3) is 5.91 Å². The molecule has 0 aliphatic heterocycles. The van der Waals surface area contributed by atoms with Crippen LogP contribution in [0.1, 0.15) is 74.2 Å². The molecule has 9 heteroatoms. The lowest BCUT2D eigenvalue weighted by atomic mass is 9.91. The van der Waals surface area contributed by atoms with Crippen molar-refractivity contribution in [2.24, 2.45) is 11.5 Å². The van der Waals surface area contributed by atoms with Gasteiger partial charge < -0.3 is 31.0 Å². The van der Waals surface area contributed by atoms with Crippen LogP contribution < -0.4 is 26.3 Å². The number of hydrogen-bond donors (Lipinski definition) is 4. The second-order valence-electron chi connectivity index (χ2n) is 9.28. The average Bonchev–Trinajstić information content (AvgIpc) is 2.88. The molecule has 0 radical (unpaired) electrons. The number of esters is 1. The second-order valence-corrected chi connectivity index (χ2v) is 9.28. The first-order valence-corrected chi connectivity index (χ1v) is 13.0. The van der Waals surface area contributed by atoms with Gasteiger partial charge in [0.15, 0.2) is 0 Å². The van der Waals surface area contributed by atoms with E-state index in [9.17, 15) is 9.59 Å². The molecule has 0 spiro atoms. The summed E-state index contributed by atoms with van der Waals surface area (Å²) >= 11 is 0. The maximum absolute atomic E-state index is 13.1. The molecular weight excluding hydrogens is 472 g/mol. The van der Waals surface area contributed by atoms with Gasteiger partial charge in [-0.3, -0.25) is 15.0 Å². The molecular formula is C28H38N4O5. The number of hydrogen-bond acceptors (Lipinski definition) is 7. The first-order chi connectivity index (χ1) is 17.8. The summed E-state index contributed by atoms with van der Waals surface area (Å²) in [5, 5.41) is 10.7. The minimum atomic E-state index is -0.183. The number of nitrogens with two attached hydrogens (primary N) is 2. The van der Waals surface area contributed by atoms with Gasteiger partial charge in [0.1, 0.15) is 23.1 Å². The van der Waals surface area contributed by atoms with Gasteiger partial charge in [0.05, 0.1) is 13.2 Å². The molecule has 0 aromatic heterocycles. The molecule has 1 fully saturated rings. The minimum Gasteiger partial charge on any atom is -0.493 e. The van der Waals surface area contributed by atoms with Crippen LogP contribution in [-0.2, 0) is 9.53 Å². The first-order valence-electron chi connectivity index (χ1n) is 13.0. The predicted octanol–water partition coefficient (Wildman–Crippen LogP) is 4.26. The number of benzene rings is 2. The van der Waals surface area contributed by atoms with Gasteiger partial charge in [-0.05, 0) is 88.3 Å². The second kappa shape index (κ2) is 14.2. The van der Waals surface area contributed by atoms with Crippen molar-refractivity contribution in [1.82, 2.24) is 5.32 Å². The van der Waals surface area contributed by atoms with E-state index in [2.05, 4.69) is 5.32 Å². The molecule has 9 nitrogen and oxygen atoms in total. The average molecular weight is 511 g/mol. The van der Waals surface area contributed by atoms with E-state index in [0.29, 0.717) is 48.0 Å². The van der Waals surface area contributed by atoms with Gasteiger partial charge in [-0.2, -0.15) is 0 Å². The normalized spacial score (nSPS) is 17.0. The molecule has 1 aliphatic carbocycles. The standard InChI is InChI=1S/C28H38N4O5/c1-2-35-26(33)6-4-3-5-15-36-24-16-20(28(34)32-22-11-9-21(29)10-12-22)17-25(18-24)37-23-13-7-19(8-14-23)27(30)31/h7-8,13-14,16-18,21-22H,2-6,9-12,15,29H2,1H3,(H3,30,31)(H,32,34). The molecule has 1 aliphatic rings. The highest BCUT2D eigenvalue weighted by molar-refractivity contribution is 5.95. The fourth-order valence-electron chi connectivity index (χ4n) is 4.19. The Balaban J connectivity index is 1.65. The van der Waals surface area contributed by atoms with Gasteiger partial charge >= 0.3 is 5.97 Å². The number of unbranched alkanes of at least 4 members (excludes halogenated alkanes) is 2. The third kappa shape index (κ3) is 9.42. The third-order valence-corrected chi connectivity index (χ3v) is 6.25. The molecule has 0 saturated heterocycles. The van der Waals surface area contributed by atoms with Crippen molar-refractivity contribution in [3.63, 3.8) is 0 Å². The zero-order valence-corrected chi connectivity index (χ0v) is 21.5. The largest absolute Gasteiger partial charge is 0.493 e. The van der Waals surface area contributed by atoms with E-state index in [1.165, 1.54) is 0 Å². The van der Waals surface area contributed by atoms with Crippen LogP contribution in [-0.4, -0.2) is 43.0 Å². The zero-order valence-electron chi connectivity index (χ0n) is 21.5. The predicted molar refractivity (Wildman–Crippen MR) is 142 cm³/mol. The lowest BCUT2D eigenvalue weighted by Crippen LogP contribution is -2.40. The molecule has 37 heavy (non-hydrogen) atoms. The third-order valence-electron chi connectivity index (χ3n) is 6.25. The number of rotatable bonds is 13. The van der Waals surface area contributed by atoms with E-state index in [1.54, 1.807) is 49.4 Å². The lowest BCUT2D eigenvalue weighted by molar-refractivity contribution is -0.143. The maximum Gasteiger partial charge on any atom is 0.305 e. The monoisotopic (exact) mass is 510 g/mol. The Hall–Kier alpha value is -3.59. The maximum atomic E-state index is 13.1. The summed E-state index contributed by atoms with van der Waals surface area (Å²) in [6.45, 7) is 2.64. The summed E-state index contributed by atoms with van der Waals surface area (Å²) in [6, 6.07) is 12.3. The quantitative estimate of drug-likeness (QED) is 0.136. The van der Waals surface area contributed by atoms with Crippen LogP contribution in [0.3, 0.4) is 0 Å². The molecule has 0 unspecified atom stereocenters. The van der Waals surface area contributed by atoms with Crippen molar-refractivity contribution in [3.8, 4) is 17.2 Å². The van der Waals surface area contributed by atoms with Crippen molar-refractivity contribution >= 4 is 17.7 Å². The highest BCUT2D eigenvalue weighted by Crippen LogP contribution is 2.28. The van der Waals surface area contributed by atoms with E-state index in [4.69, 9.17) is 31.1 Å². The number of carbonyl (C=O) groups is 2. The van der Waals surface area contributed by atoms with E-state index in [0.717, 1.165) is 44.9 Å². The van der Waals surface area contributed by atoms with Crippen molar-refractivity contribution < 1.29 is 23.8 Å². The Labute approximate surface area is 218 Å². The van der Waals surface area contributed by atoms with Crippen molar-refractivity contribution in [2.45, 2.75) is 70.4 Å². The van der Waals surface area contributed by atoms with Gasteiger partial charge in [0.2, 0.25) is 0 Å². The molecule has 1 amide bonds. The van der Waals surface area contributed by atoms with Crippen LogP contribution in [0.2, 0.25) is 0 Å². The van der Waals surface area contributed by atoms with Crippen molar-refractivity contribution in [3.05, 3.63) is 53.6 Å². The number of ether oxygens (including phenoxy) is 3. The summed E-state index contributed by atoms with van der Waals surface area (Å²) in [4.78, 5) is 24.5. The molecule has 2 aromatic carbocycles. The highest BCUT2D eigenvalue weighted by atomic mass is 16.5. The smallest absolute Gasteiger partial charge is 0.305 e. The topological polar surface area (TPSA) is 150 Å². The van der Waals surface area contributed by atoms with E-state index in [1.807, 2.05) is 0 Å². The fourth-order valence-corrected chi connectivity index (χ4v) is 4.19. The molecule has 3 rings (SSSR count). The number of nitrogen functional groups attached to an aromatic ring is 1. The molecule has 0 atom stereocenters. The Kier molecular flexibility index (Phi) is 10.8. The zero-order chi connectivity index (χ0) is 26.6. The van der Waals surface area contributed by atoms with Crippen molar-refractivity contribution in [1.29, 1.82) is 5.41 Å². The van der Waals surface area contributed by atoms with Gasteiger partial charge in [-0.1, -0.05) is 0 Å². The van der Waals surface area contributed by atoms with Crippen LogP contribution in [0.4, 0.5) is 0 Å². The molecule has 1 saturated carbocycles. The number of amidine groups is 1. The first kappa shape index (κ1) is 28.0. The Morgan fingerprint density at radius 3 is 2.32 bits per heavy atom. The van der Waals surface area contributed by atoms with E-state index < -0.39 is 0 Å². The van der Waals surface area contributed by atoms with Gasteiger partial charge in [-0.25, -0.2) is 0 Å². The molecule has 6 N–H and O–H groups in total. The van der Waals surface area contributed by atoms with Gasteiger partial charge in [0, 0.05) is 35.7 Å². The molecule has 2 aromatic rings. The summed E-state index contributed by atoms with van der Waals surface area (Å²) in [6.07, 6.45) is 6.25. The van der Waals surface area contributed by atoms with Crippen LogP contribution in [0.5, 0.6) is 17.2 Å². The summed E-state index contributed by atoms with van der Waals surface area (Å²) in [7, 11) is 0. The minimum absolute atomic E-state index is 0.0215. The molecule has 0 heterocycles. The van der Waals surface area contributed by atoms with E-state index >= 15 is 0 Å². The van der Waals surface area contributed by atoms with Crippen LogP contribution >= 0.6 is 0 Å². The van der Waals surface area contributed by atoms with Crippen LogP contribution in [0, 0.1) is 5.41 Å². The number of carbonyl (C=O) groups excluding carboxylic acids is 2. The number of amides is 1. The Bertz CT molecular complexity index is 1050. The summed E-state index contributed by atoms with van der Waals surface area (Å²) in [5.74, 6) is 1.16. The summed E-state index contributed by atoms with van der Waals surface area (Å²) in [5.41, 5.74) is 12.6. The Morgan fingerprint density at radius 2 is 1.65 bits per heavy atom. The number of nitrogens with one attached hydrogen (secondary N) is 2. The summed E-state index contributed by atoms with van der Waals surface area (Å²) < 4.78 is 16.9. The molecule has 0 bridgehead atoms. The highest BCUT2D eigenvalue weighted by Gasteiger charge is 2.21. The lowest BCUT2D eigenvalue weighted by Gasteiger charge is -2.26. The van der Waals surface area contributed by atoms with Gasteiger partial charge in [-0.15, -0.1) is 0 Å². The van der Waals surface area contributed by atoms with Crippen LogP contribution in [0.25, 0.3) is 0 Å². The van der Waals surface area contributed by atoms with Crippen molar-refractivity contribution in [2.75, 3.05) is 13.2 Å². The SMILES string of the molecule is CCOC(=O)CCCCCOc1cc(Oc2ccc(C(=N)N)cc2)cc(C(=O)NC2CCC(N)CC2)c1.